The normalized spacial score (nSPS) is 11.4. The molecular formula is C18H19N3O5S. The lowest BCUT2D eigenvalue weighted by Crippen LogP contribution is -2.34. The van der Waals surface area contributed by atoms with Crippen LogP contribution in [0.5, 0.6) is 5.75 Å². The summed E-state index contributed by atoms with van der Waals surface area (Å²) >= 11 is 1.21. The van der Waals surface area contributed by atoms with Crippen LogP contribution in [-0.4, -0.2) is 35.3 Å². The highest BCUT2D eigenvalue weighted by Crippen LogP contribution is 2.22. The van der Waals surface area contributed by atoms with Crippen molar-refractivity contribution in [3.63, 3.8) is 0 Å². The molecule has 9 heteroatoms. The number of nitrogen functional groups attached to an aromatic ring is 1. The molecule has 0 spiro atoms. The van der Waals surface area contributed by atoms with Crippen molar-refractivity contribution in [3.8, 4) is 5.75 Å². The van der Waals surface area contributed by atoms with Crippen molar-refractivity contribution in [2.45, 2.75) is 13.3 Å². The van der Waals surface area contributed by atoms with Gasteiger partial charge in [0.25, 0.3) is 0 Å². The lowest BCUT2D eigenvalue weighted by Gasteiger charge is -2.09. The topological polar surface area (TPSA) is 143 Å². The molecule has 1 aromatic carbocycles. The molecule has 0 saturated heterocycles. The van der Waals surface area contributed by atoms with Crippen molar-refractivity contribution in [3.05, 3.63) is 51.7 Å². The van der Waals surface area contributed by atoms with Crippen molar-refractivity contribution in [2.24, 2.45) is 11.7 Å². The standard InChI is InChI=1S/C18H19N3O5S/c1-10(17(24)21-9-15(22)23)8-13-6-7-14(27-13)18(25)26-12-4-2-11(3-5-12)16(19)20/h2-7,10H,8-9H2,1H3,(H3,19,20)(H,21,24)(H,22,23). The molecule has 0 fully saturated rings. The number of hydrogen-bond acceptors (Lipinski definition) is 6. The van der Waals surface area contributed by atoms with Crippen molar-refractivity contribution < 1.29 is 24.2 Å². The van der Waals surface area contributed by atoms with Crippen LogP contribution in [-0.2, 0) is 16.0 Å². The highest BCUT2D eigenvalue weighted by Gasteiger charge is 2.17. The van der Waals surface area contributed by atoms with Crippen LogP contribution in [0.2, 0.25) is 0 Å². The lowest BCUT2D eigenvalue weighted by atomic mass is 10.1. The molecule has 0 aliphatic carbocycles. The molecule has 0 aliphatic heterocycles. The van der Waals surface area contributed by atoms with Gasteiger partial charge in [0.15, 0.2) is 0 Å². The van der Waals surface area contributed by atoms with Crippen LogP contribution in [0.3, 0.4) is 0 Å². The largest absolute Gasteiger partial charge is 0.480 e. The van der Waals surface area contributed by atoms with Crippen LogP contribution in [0.15, 0.2) is 36.4 Å². The van der Waals surface area contributed by atoms with Gasteiger partial charge < -0.3 is 20.9 Å². The Balaban J connectivity index is 1.93. The maximum Gasteiger partial charge on any atom is 0.353 e. The third-order valence-electron chi connectivity index (χ3n) is 3.61. The SMILES string of the molecule is CC(Cc1ccc(C(=O)Oc2ccc(C(=N)N)cc2)s1)C(=O)NCC(=O)O. The highest BCUT2D eigenvalue weighted by atomic mass is 32.1. The number of nitrogens with one attached hydrogen (secondary N) is 2. The third-order valence-corrected chi connectivity index (χ3v) is 4.70. The molecule has 1 aromatic heterocycles. The molecule has 1 atom stereocenters. The van der Waals surface area contributed by atoms with E-state index in [1.54, 1.807) is 43.3 Å². The second-order valence-corrected chi connectivity index (χ2v) is 6.98. The van der Waals surface area contributed by atoms with Crippen molar-refractivity contribution >= 4 is 35.0 Å². The first kappa shape index (κ1) is 20.1. The number of amides is 1. The van der Waals surface area contributed by atoms with Crippen molar-refractivity contribution in [1.82, 2.24) is 5.32 Å². The summed E-state index contributed by atoms with van der Waals surface area (Å²) in [6, 6.07) is 9.63. The van der Waals surface area contributed by atoms with E-state index in [1.165, 1.54) is 11.3 Å². The molecule has 8 nitrogen and oxygen atoms in total. The van der Waals surface area contributed by atoms with Crippen LogP contribution in [0.25, 0.3) is 0 Å². The zero-order chi connectivity index (χ0) is 20.0. The zero-order valence-electron chi connectivity index (χ0n) is 14.5. The van der Waals surface area contributed by atoms with E-state index in [2.05, 4.69) is 5.32 Å². The molecule has 0 bridgehead atoms. The maximum atomic E-state index is 12.2. The number of benzene rings is 1. The van der Waals surface area contributed by atoms with Gasteiger partial charge in [0.2, 0.25) is 5.91 Å². The summed E-state index contributed by atoms with van der Waals surface area (Å²) in [4.78, 5) is 35.7. The fraction of sp³-hybridized carbons (Fsp3) is 0.222. The number of esters is 1. The summed E-state index contributed by atoms with van der Waals surface area (Å²) < 4.78 is 5.28. The number of carbonyl (C=O) groups is 3. The fourth-order valence-electron chi connectivity index (χ4n) is 2.19. The minimum atomic E-state index is -1.10. The quantitative estimate of drug-likeness (QED) is 0.234. The zero-order valence-corrected chi connectivity index (χ0v) is 15.3. The monoisotopic (exact) mass is 389 g/mol. The van der Waals surface area contributed by atoms with Crippen molar-refractivity contribution in [2.75, 3.05) is 6.54 Å². The van der Waals surface area contributed by atoms with E-state index < -0.39 is 24.4 Å². The van der Waals surface area contributed by atoms with E-state index in [0.717, 1.165) is 4.88 Å². The summed E-state index contributed by atoms with van der Waals surface area (Å²) in [5, 5.41) is 18.2. The second kappa shape index (κ2) is 8.95. The number of rotatable bonds is 8. The maximum absolute atomic E-state index is 12.2. The van der Waals surface area contributed by atoms with Crippen molar-refractivity contribution in [1.29, 1.82) is 5.41 Å². The molecule has 5 N–H and O–H groups in total. The van der Waals surface area contributed by atoms with Gasteiger partial charge in [-0.2, -0.15) is 0 Å². The predicted octanol–water partition coefficient (Wildman–Crippen LogP) is 1.63. The van der Waals surface area contributed by atoms with Gasteiger partial charge in [-0.25, -0.2) is 4.79 Å². The fourth-order valence-corrected chi connectivity index (χ4v) is 3.20. The second-order valence-electron chi connectivity index (χ2n) is 5.81. The Bertz CT molecular complexity index is 860. The van der Waals surface area contributed by atoms with Crippen LogP contribution in [0.4, 0.5) is 0 Å². The van der Waals surface area contributed by atoms with Crippen LogP contribution < -0.4 is 15.8 Å². The Hall–Kier alpha value is -3.20. The van der Waals surface area contributed by atoms with Gasteiger partial charge in [-0.3, -0.25) is 15.0 Å². The minimum absolute atomic E-state index is 0.0720. The van der Waals surface area contributed by atoms with Gasteiger partial charge in [-0.1, -0.05) is 6.92 Å². The van der Waals surface area contributed by atoms with Gasteiger partial charge in [0, 0.05) is 16.4 Å². The molecule has 1 unspecified atom stereocenters. The van der Waals surface area contributed by atoms with Gasteiger partial charge in [0.1, 0.15) is 23.0 Å². The highest BCUT2D eigenvalue weighted by molar-refractivity contribution is 7.13. The Morgan fingerprint density at radius 1 is 1.22 bits per heavy atom. The molecule has 1 heterocycles. The molecule has 2 rings (SSSR count). The Kier molecular flexibility index (Phi) is 6.67. The van der Waals surface area contributed by atoms with Gasteiger partial charge in [-0.05, 0) is 42.8 Å². The summed E-state index contributed by atoms with van der Waals surface area (Å²) in [5.41, 5.74) is 5.90. The summed E-state index contributed by atoms with van der Waals surface area (Å²) in [6.45, 7) is 1.26. The number of nitrogens with two attached hydrogens (primary N) is 1. The first-order valence-electron chi connectivity index (χ1n) is 8.01. The molecule has 2 aromatic rings. The number of carbonyl (C=O) groups excluding carboxylic acids is 2. The molecule has 1 amide bonds. The average Bonchev–Trinajstić information content (AvgIpc) is 3.08. The van der Waals surface area contributed by atoms with E-state index >= 15 is 0 Å². The number of ether oxygens (including phenoxy) is 1. The van der Waals surface area contributed by atoms with Crippen LogP contribution in [0, 0.1) is 11.3 Å². The third kappa shape index (κ3) is 5.93. The molecular weight excluding hydrogens is 370 g/mol. The van der Waals surface area contributed by atoms with Gasteiger partial charge >= 0.3 is 11.9 Å². The number of aliphatic carboxylic acids is 1. The molecule has 0 radical (unpaired) electrons. The number of carboxylic acid groups (broad SMARTS) is 1. The van der Waals surface area contributed by atoms with Crippen LogP contribution >= 0.6 is 11.3 Å². The molecule has 142 valence electrons. The predicted molar refractivity (Wildman–Crippen MR) is 100 cm³/mol. The number of thiophene rings is 1. The van der Waals surface area contributed by atoms with E-state index in [-0.39, 0.29) is 11.7 Å². The number of carboxylic acids is 1. The Morgan fingerprint density at radius 2 is 1.89 bits per heavy atom. The van der Waals surface area contributed by atoms with E-state index in [1.807, 2.05) is 0 Å². The molecule has 0 saturated carbocycles. The molecule has 27 heavy (non-hydrogen) atoms. The summed E-state index contributed by atoms with van der Waals surface area (Å²) in [6.07, 6.45) is 0.386. The number of hydrogen-bond donors (Lipinski definition) is 4. The number of amidine groups is 1. The molecule has 0 aliphatic rings. The minimum Gasteiger partial charge on any atom is -0.480 e. The smallest absolute Gasteiger partial charge is 0.353 e. The Morgan fingerprint density at radius 3 is 2.48 bits per heavy atom. The van der Waals surface area contributed by atoms with E-state index in [4.69, 9.17) is 21.0 Å². The Labute approximate surface area is 159 Å². The van der Waals surface area contributed by atoms with Gasteiger partial charge in [0.05, 0.1) is 0 Å². The first-order valence-corrected chi connectivity index (χ1v) is 8.82. The van der Waals surface area contributed by atoms with Gasteiger partial charge in [-0.15, -0.1) is 11.3 Å². The lowest BCUT2D eigenvalue weighted by molar-refractivity contribution is -0.138. The van der Waals surface area contributed by atoms with Crippen LogP contribution in [0.1, 0.15) is 27.0 Å². The summed E-state index contributed by atoms with van der Waals surface area (Å²) in [5.74, 6) is -2.15. The van der Waals surface area contributed by atoms with E-state index in [9.17, 15) is 14.4 Å². The average molecular weight is 389 g/mol. The first-order chi connectivity index (χ1) is 12.8. The summed E-state index contributed by atoms with van der Waals surface area (Å²) in [7, 11) is 0. The van der Waals surface area contributed by atoms with E-state index in [0.29, 0.717) is 22.6 Å².